The fourth-order valence-electron chi connectivity index (χ4n) is 6.56. The first-order valence-electron chi connectivity index (χ1n) is 17.0. The van der Waals surface area contributed by atoms with Crippen LogP contribution in [0.1, 0.15) is 72.3 Å². The number of nitrogens with one attached hydrogen (secondary N) is 3. The lowest BCUT2D eigenvalue weighted by Gasteiger charge is -2.26. The number of amides is 4. The molecule has 1 aromatic heterocycles. The molecule has 3 saturated carbocycles. The second kappa shape index (κ2) is 15.1. The zero-order chi connectivity index (χ0) is 35.3. The van der Waals surface area contributed by atoms with Crippen LogP contribution in [0.5, 0.6) is 0 Å². The molecule has 3 aliphatic carbocycles. The highest BCUT2D eigenvalue weighted by molar-refractivity contribution is 7.90. The highest BCUT2D eigenvalue weighted by Gasteiger charge is 2.52. The molecule has 3 N–H and O–H groups in total. The number of anilines is 1. The van der Waals surface area contributed by atoms with Crippen LogP contribution in [0.15, 0.2) is 48.7 Å². The number of pyridine rings is 1. The summed E-state index contributed by atoms with van der Waals surface area (Å²) in [5.41, 5.74) is 3.90. The molecule has 0 bridgehead atoms. The lowest BCUT2D eigenvalue weighted by atomic mass is 9.93. The van der Waals surface area contributed by atoms with Gasteiger partial charge in [-0.05, 0) is 95.4 Å². The van der Waals surface area contributed by atoms with Gasteiger partial charge in [-0.1, -0.05) is 30.4 Å². The molecule has 0 radical (unpaired) electrons. The maximum absolute atomic E-state index is 13.5. The maximum Gasteiger partial charge on any atom is 0.411 e. The van der Waals surface area contributed by atoms with Crippen LogP contribution >= 0.6 is 0 Å². The van der Waals surface area contributed by atoms with Crippen LogP contribution in [0.25, 0.3) is 11.3 Å². The summed E-state index contributed by atoms with van der Waals surface area (Å²) in [6.45, 7) is 6.64. The van der Waals surface area contributed by atoms with Gasteiger partial charge >= 0.3 is 6.09 Å². The molecular weight excluding hydrogens is 646 g/mol. The fraction of sp³-hybridized carbons (Fsp3) is 0.528. The van der Waals surface area contributed by atoms with E-state index in [2.05, 4.69) is 34.7 Å². The molecular formula is C36H51N5O7S. The van der Waals surface area contributed by atoms with Crippen molar-refractivity contribution >= 4 is 40.0 Å². The van der Waals surface area contributed by atoms with Crippen LogP contribution < -0.4 is 15.4 Å². The number of aryl methyl sites for hydroxylation is 2. The largest absolute Gasteiger partial charge is 0.446 e. The smallest absolute Gasteiger partial charge is 0.411 e. The van der Waals surface area contributed by atoms with Gasteiger partial charge in [0, 0.05) is 39.7 Å². The van der Waals surface area contributed by atoms with Crippen LogP contribution in [-0.2, 0) is 29.1 Å². The zero-order valence-electron chi connectivity index (χ0n) is 28.6. The third-order valence-electron chi connectivity index (χ3n) is 9.79. The number of ether oxygens (including phenoxy) is 1. The van der Waals surface area contributed by atoms with Crippen molar-refractivity contribution in [3.05, 3.63) is 59.8 Å². The number of carbonyl (C=O) groups is 4. The summed E-state index contributed by atoms with van der Waals surface area (Å²) in [7, 11) is -1.45. The number of hydrogen-bond donors (Lipinski definition) is 3. The Balaban J connectivity index is 0.000000558. The van der Waals surface area contributed by atoms with Crippen LogP contribution in [0, 0.1) is 31.6 Å². The first-order chi connectivity index (χ1) is 23.3. The number of fused-ring (bicyclic) bond motifs is 2. The topological polar surface area (TPSA) is 164 Å². The van der Waals surface area contributed by atoms with Crippen LogP contribution in [-0.4, -0.2) is 73.1 Å². The number of carbonyl (C=O) groups excluding carboxylic acids is 4. The van der Waals surface area contributed by atoms with Gasteiger partial charge in [-0.2, -0.15) is 0 Å². The molecule has 2 aromatic rings. The van der Waals surface area contributed by atoms with Gasteiger partial charge in [0.1, 0.15) is 6.10 Å². The summed E-state index contributed by atoms with van der Waals surface area (Å²) in [4.78, 5) is 56.0. The number of allylic oxidation sites excluding steroid dienone is 1. The van der Waals surface area contributed by atoms with Gasteiger partial charge in [0.2, 0.25) is 28.2 Å². The molecule has 4 aliphatic rings. The summed E-state index contributed by atoms with van der Waals surface area (Å²) in [5.74, 6) is -0.914. The molecule has 0 saturated heterocycles. The highest BCUT2D eigenvalue weighted by Crippen LogP contribution is 2.45. The normalized spacial score (nSPS) is 27.6. The quantitative estimate of drug-likeness (QED) is 0.277. The van der Waals surface area contributed by atoms with Gasteiger partial charge in [-0.15, -0.1) is 0 Å². The Kier molecular flexibility index (Phi) is 11.1. The predicted octanol–water partition coefficient (Wildman–Crippen LogP) is 5.12. The molecule has 4 amide bonds. The van der Waals surface area contributed by atoms with Crippen LogP contribution in [0.4, 0.5) is 10.5 Å². The lowest BCUT2D eigenvalue weighted by molar-refractivity contribution is -0.140. The average molecular weight is 698 g/mol. The predicted molar refractivity (Wildman–Crippen MR) is 190 cm³/mol. The number of nitrogens with zero attached hydrogens (tertiary/aromatic N) is 2. The Morgan fingerprint density at radius 2 is 1.84 bits per heavy atom. The minimum Gasteiger partial charge on any atom is -0.446 e. The van der Waals surface area contributed by atoms with E-state index in [0.29, 0.717) is 43.8 Å². The molecule has 268 valence electrons. The first kappa shape index (κ1) is 36.0. The maximum atomic E-state index is 13.5. The number of rotatable bonds is 6. The molecule has 12 nitrogen and oxygen atoms in total. The number of aromatic nitrogens is 1. The monoisotopic (exact) mass is 697 g/mol. The van der Waals surface area contributed by atoms with E-state index in [4.69, 9.17) is 4.74 Å². The molecule has 1 aliphatic heterocycles. The first-order valence-corrected chi connectivity index (χ1v) is 18.5. The Bertz CT molecular complexity index is 1700. The summed E-state index contributed by atoms with van der Waals surface area (Å²) in [5, 5.41) is 5.81. The minimum atomic E-state index is -3.26. The van der Waals surface area contributed by atoms with E-state index in [1.165, 1.54) is 0 Å². The standard InChI is InChI=1S/C32H40N4O4.C4H7NO3S.2H2/c1-20-10-12-24(27-13-11-21(2)19-33-27)28(15-20)34-31(39)40-23-16-25-26(17-23)30(38)36(4)14-8-6-5-7-9-22-18-32(22,3)35-29(25)37;6-3-5-9(7,8)4-1-2-4;;/h7,9-13,15,19,22-23,25-26H,5-6,8,14,16-18H2,1-4H3,(H,34,39)(H,35,37);3-4H,1-2H2,(H,5,6);2*1H/b9-7-;;;/t22-,23-,25-,26-,32-;;;/m1.../s1. The number of sulfonamides is 1. The molecule has 2 heterocycles. The minimum absolute atomic E-state index is 0. The molecule has 6 rings (SSSR count). The van der Waals surface area contributed by atoms with Gasteiger partial charge in [0.15, 0.2) is 0 Å². The molecule has 3 fully saturated rings. The lowest BCUT2D eigenvalue weighted by Crippen LogP contribution is -2.44. The molecule has 0 unspecified atom stereocenters. The Labute approximate surface area is 291 Å². The Hall–Kier alpha value is -4.26. The van der Waals surface area contributed by atoms with Crippen LogP contribution in [0.3, 0.4) is 0 Å². The van der Waals surface area contributed by atoms with Crippen molar-refractivity contribution in [1.29, 1.82) is 0 Å². The fourth-order valence-corrected chi connectivity index (χ4v) is 7.64. The Morgan fingerprint density at radius 1 is 1.10 bits per heavy atom. The third kappa shape index (κ3) is 9.26. The van der Waals surface area contributed by atoms with E-state index in [1.54, 1.807) is 22.9 Å². The van der Waals surface area contributed by atoms with Gasteiger partial charge in [0.25, 0.3) is 0 Å². The molecule has 49 heavy (non-hydrogen) atoms. The highest BCUT2D eigenvalue weighted by atomic mass is 32.2. The van der Waals surface area contributed by atoms with Crippen molar-refractivity contribution in [2.75, 3.05) is 18.9 Å². The van der Waals surface area contributed by atoms with E-state index in [9.17, 15) is 27.6 Å². The molecule has 13 heteroatoms. The molecule has 0 spiro atoms. The van der Waals surface area contributed by atoms with E-state index in [-0.39, 0.29) is 31.9 Å². The van der Waals surface area contributed by atoms with Gasteiger partial charge in [-0.25, -0.2) is 13.2 Å². The van der Waals surface area contributed by atoms with Crippen molar-refractivity contribution in [2.45, 2.75) is 89.0 Å². The summed E-state index contributed by atoms with van der Waals surface area (Å²) in [6, 6.07) is 9.69. The van der Waals surface area contributed by atoms with E-state index in [0.717, 1.165) is 48.1 Å². The van der Waals surface area contributed by atoms with Crippen molar-refractivity contribution in [1.82, 2.24) is 19.9 Å². The second-order valence-corrected chi connectivity index (χ2v) is 16.0. The van der Waals surface area contributed by atoms with Crippen LogP contribution in [0.2, 0.25) is 0 Å². The van der Waals surface area contributed by atoms with Crippen molar-refractivity contribution < 1.29 is 35.2 Å². The van der Waals surface area contributed by atoms with Gasteiger partial charge in [0.05, 0.1) is 28.5 Å². The number of hydrogen-bond acceptors (Lipinski definition) is 8. The van der Waals surface area contributed by atoms with E-state index >= 15 is 0 Å². The van der Waals surface area contributed by atoms with Crippen molar-refractivity contribution in [3.63, 3.8) is 0 Å². The zero-order valence-corrected chi connectivity index (χ0v) is 29.4. The second-order valence-electron chi connectivity index (χ2n) is 14.0. The summed E-state index contributed by atoms with van der Waals surface area (Å²) >= 11 is 0. The Morgan fingerprint density at radius 3 is 2.53 bits per heavy atom. The average Bonchev–Trinajstić information content (AvgIpc) is 3.96. The van der Waals surface area contributed by atoms with E-state index in [1.807, 2.05) is 44.2 Å². The van der Waals surface area contributed by atoms with Crippen molar-refractivity contribution in [2.24, 2.45) is 17.8 Å². The SMILES string of the molecule is Cc1ccc(-c2ccc(C)cc2NC(=O)O[C@@H]2C[C@H]3C(=O)N[C@]4(C)C[C@H]4/C=C\CCCCN(C)C(=O)[C@@H]3C2)nc1.O=CNS(=O)(=O)C1CC1.[HH].[HH]. The van der Waals surface area contributed by atoms with Crippen molar-refractivity contribution in [3.8, 4) is 11.3 Å². The summed E-state index contributed by atoms with van der Waals surface area (Å²) in [6.07, 6.45) is 11.1. The molecule has 1 aromatic carbocycles. The summed E-state index contributed by atoms with van der Waals surface area (Å²) < 4.78 is 28.9. The molecule has 5 atom stereocenters. The van der Waals surface area contributed by atoms with Gasteiger partial charge in [-0.3, -0.25) is 29.4 Å². The van der Waals surface area contributed by atoms with E-state index < -0.39 is 34.1 Å². The third-order valence-corrected chi connectivity index (χ3v) is 11.6. The van der Waals surface area contributed by atoms with Gasteiger partial charge < -0.3 is 15.0 Å². The number of benzene rings is 1.